The molecule has 96 valence electrons. The van der Waals surface area contributed by atoms with E-state index in [1.54, 1.807) is 12.1 Å². The van der Waals surface area contributed by atoms with Gasteiger partial charge in [0.25, 0.3) is 5.69 Å². The molecular formula is C13H11N3O3. The maximum atomic E-state index is 10.6. The third-order valence-electron chi connectivity index (χ3n) is 2.45. The Balaban J connectivity index is 2.32. The average Bonchev–Trinajstić information content (AvgIpc) is 2.46. The number of hydrogen-bond donors (Lipinski definition) is 2. The summed E-state index contributed by atoms with van der Waals surface area (Å²) < 4.78 is 0. The Kier molecular flexibility index (Phi) is 3.84. The molecule has 0 aliphatic heterocycles. The molecule has 0 bridgehead atoms. The van der Waals surface area contributed by atoms with Crippen LogP contribution in [0.4, 0.5) is 11.4 Å². The van der Waals surface area contributed by atoms with Crippen molar-refractivity contribution in [2.24, 2.45) is 4.99 Å². The van der Waals surface area contributed by atoms with E-state index in [2.05, 4.69) is 4.99 Å². The van der Waals surface area contributed by atoms with Crippen molar-refractivity contribution in [3.05, 3.63) is 70.3 Å². The van der Waals surface area contributed by atoms with Crippen molar-refractivity contribution < 1.29 is 10.1 Å². The molecule has 0 spiro atoms. The van der Waals surface area contributed by atoms with Crippen LogP contribution in [-0.4, -0.2) is 16.0 Å². The zero-order chi connectivity index (χ0) is 13.7. The van der Waals surface area contributed by atoms with Crippen molar-refractivity contribution in [2.75, 3.05) is 0 Å². The number of benzene rings is 2. The molecule has 0 saturated carbocycles. The number of aliphatic imine (C=N–C) groups is 1. The predicted octanol–water partition coefficient (Wildman–Crippen LogP) is 2.65. The largest absolute Gasteiger partial charge is 0.290 e. The summed E-state index contributed by atoms with van der Waals surface area (Å²) in [6.45, 7) is 0. The number of rotatable bonds is 3. The third-order valence-corrected chi connectivity index (χ3v) is 2.45. The molecule has 6 nitrogen and oxygen atoms in total. The topological polar surface area (TPSA) is 87.8 Å². The van der Waals surface area contributed by atoms with Crippen molar-refractivity contribution in [1.82, 2.24) is 5.48 Å². The Morgan fingerprint density at radius 2 is 1.74 bits per heavy atom. The Morgan fingerprint density at radius 1 is 1.11 bits per heavy atom. The first kappa shape index (κ1) is 12.7. The van der Waals surface area contributed by atoms with Crippen molar-refractivity contribution in [3.8, 4) is 0 Å². The number of nitrogens with one attached hydrogen (secondary N) is 1. The second kappa shape index (κ2) is 5.74. The second-order valence-corrected chi connectivity index (χ2v) is 3.71. The van der Waals surface area contributed by atoms with E-state index in [0.29, 0.717) is 11.3 Å². The zero-order valence-electron chi connectivity index (χ0n) is 9.85. The maximum Gasteiger partial charge on any atom is 0.269 e. The van der Waals surface area contributed by atoms with Crippen LogP contribution < -0.4 is 5.48 Å². The number of nitrogens with zero attached hydrogens (tertiary/aromatic N) is 2. The highest BCUT2D eigenvalue weighted by Gasteiger charge is 2.07. The fourth-order valence-corrected chi connectivity index (χ4v) is 1.53. The standard InChI is InChI=1S/C13H11N3O3/c17-15-13(14-11-4-2-1-3-5-11)10-6-8-12(9-7-10)16(18)19/h1-9,17H,(H,14,15). The number of nitro groups is 1. The molecule has 2 rings (SSSR count). The summed E-state index contributed by atoms with van der Waals surface area (Å²) in [7, 11) is 0. The van der Waals surface area contributed by atoms with Crippen molar-refractivity contribution >= 4 is 17.2 Å². The Morgan fingerprint density at radius 3 is 2.26 bits per heavy atom. The number of para-hydroxylation sites is 1. The first-order chi connectivity index (χ1) is 9.20. The highest BCUT2D eigenvalue weighted by Crippen LogP contribution is 2.15. The fourth-order valence-electron chi connectivity index (χ4n) is 1.53. The summed E-state index contributed by atoms with van der Waals surface area (Å²) in [6.07, 6.45) is 0. The fraction of sp³-hybridized carbons (Fsp3) is 0. The minimum atomic E-state index is -0.482. The second-order valence-electron chi connectivity index (χ2n) is 3.71. The van der Waals surface area contributed by atoms with Crippen LogP contribution in [0.15, 0.2) is 59.6 Å². The molecule has 0 aliphatic rings. The maximum absolute atomic E-state index is 10.6. The lowest BCUT2D eigenvalue weighted by atomic mass is 10.2. The molecule has 0 amide bonds. The Hall–Kier alpha value is -2.73. The van der Waals surface area contributed by atoms with Gasteiger partial charge in [-0.05, 0) is 24.3 Å². The normalized spacial score (nSPS) is 11.1. The molecule has 2 aromatic carbocycles. The van der Waals surface area contributed by atoms with E-state index in [0.717, 1.165) is 0 Å². The molecule has 0 atom stereocenters. The number of hydroxylamine groups is 1. The van der Waals surface area contributed by atoms with Crippen molar-refractivity contribution in [2.45, 2.75) is 0 Å². The minimum Gasteiger partial charge on any atom is -0.290 e. The number of nitro benzene ring substituents is 1. The molecule has 2 aromatic rings. The van der Waals surface area contributed by atoms with Gasteiger partial charge in [0, 0.05) is 17.7 Å². The highest BCUT2D eigenvalue weighted by molar-refractivity contribution is 5.99. The molecule has 2 N–H and O–H groups in total. The summed E-state index contributed by atoms with van der Waals surface area (Å²) >= 11 is 0. The van der Waals surface area contributed by atoms with Gasteiger partial charge in [0.1, 0.15) is 0 Å². The van der Waals surface area contributed by atoms with Crippen LogP contribution in [-0.2, 0) is 0 Å². The minimum absolute atomic E-state index is 0.0132. The van der Waals surface area contributed by atoms with Gasteiger partial charge in [-0.1, -0.05) is 18.2 Å². The van der Waals surface area contributed by atoms with E-state index < -0.39 is 4.92 Å². The molecule has 0 saturated heterocycles. The molecule has 0 radical (unpaired) electrons. The van der Waals surface area contributed by atoms with E-state index >= 15 is 0 Å². The molecule has 0 unspecified atom stereocenters. The zero-order valence-corrected chi connectivity index (χ0v) is 9.85. The van der Waals surface area contributed by atoms with Crippen LogP contribution in [0.25, 0.3) is 0 Å². The summed E-state index contributed by atoms with van der Waals surface area (Å²) in [5.41, 5.74) is 3.20. The SMILES string of the molecule is O=[N+]([O-])c1ccc(C(=Nc2ccccc2)NO)cc1. The Labute approximate surface area is 109 Å². The van der Waals surface area contributed by atoms with Gasteiger partial charge in [0.05, 0.1) is 10.6 Å². The average molecular weight is 257 g/mol. The summed E-state index contributed by atoms with van der Waals surface area (Å²) in [4.78, 5) is 14.3. The smallest absolute Gasteiger partial charge is 0.269 e. The van der Waals surface area contributed by atoms with Gasteiger partial charge in [-0.15, -0.1) is 0 Å². The lowest BCUT2D eigenvalue weighted by Crippen LogP contribution is -2.19. The van der Waals surface area contributed by atoms with Crippen molar-refractivity contribution in [1.29, 1.82) is 0 Å². The molecule has 0 fully saturated rings. The quantitative estimate of drug-likeness (QED) is 0.383. The lowest BCUT2D eigenvalue weighted by molar-refractivity contribution is -0.384. The van der Waals surface area contributed by atoms with Gasteiger partial charge in [-0.2, -0.15) is 0 Å². The molecule has 0 heterocycles. The van der Waals surface area contributed by atoms with E-state index in [9.17, 15) is 10.1 Å². The van der Waals surface area contributed by atoms with Gasteiger partial charge in [-0.3, -0.25) is 20.8 Å². The first-order valence-corrected chi connectivity index (χ1v) is 5.49. The van der Waals surface area contributed by atoms with Gasteiger partial charge in [0.2, 0.25) is 0 Å². The van der Waals surface area contributed by atoms with E-state index in [4.69, 9.17) is 5.21 Å². The summed E-state index contributed by atoms with van der Waals surface area (Å²) in [5, 5.41) is 19.7. The van der Waals surface area contributed by atoms with Crippen LogP contribution in [0.1, 0.15) is 5.56 Å². The predicted molar refractivity (Wildman–Crippen MR) is 70.7 cm³/mol. The number of hydrogen-bond acceptors (Lipinski definition) is 4. The van der Waals surface area contributed by atoms with E-state index in [1.807, 2.05) is 23.7 Å². The number of non-ortho nitro benzene ring substituents is 1. The van der Waals surface area contributed by atoms with Crippen LogP contribution in [0.2, 0.25) is 0 Å². The van der Waals surface area contributed by atoms with Crippen LogP contribution in [0, 0.1) is 10.1 Å². The van der Waals surface area contributed by atoms with Crippen LogP contribution in [0.3, 0.4) is 0 Å². The van der Waals surface area contributed by atoms with Crippen molar-refractivity contribution in [3.63, 3.8) is 0 Å². The Bertz CT molecular complexity index is 594. The van der Waals surface area contributed by atoms with E-state index in [-0.39, 0.29) is 11.5 Å². The molecule has 0 aliphatic carbocycles. The molecule has 6 heteroatoms. The highest BCUT2D eigenvalue weighted by atomic mass is 16.6. The summed E-state index contributed by atoms with van der Waals surface area (Å²) in [5.74, 6) is 0.223. The van der Waals surface area contributed by atoms with Gasteiger partial charge < -0.3 is 0 Å². The third kappa shape index (κ3) is 3.14. The monoisotopic (exact) mass is 257 g/mol. The number of amidine groups is 1. The molecule has 0 aromatic heterocycles. The van der Waals surface area contributed by atoms with Gasteiger partial charge >= 0.3 is 0 Å². The van der Waals surface area contributed by atoms with E-state index in [1.165, 1.54) is 24.3 Å². The van der Waals surface area contributed by atoms with Crippen LogP contribution in [0.5, 0.6) is 0 Å². The first-order valence-electron chi connectivity index (χ1n) is 5.49. The van der Waals surface area contributed by atoms with Gasteiger partial charge in [0.15, 0.2) is 5.84 Å². The molecule has 19 heavy (non-hydrogen) atoms. The molecular weight excluding hydrogens is 246 g/mol. The summed E-state index contributed by atoms with van der Waals surface area (Å²) in [6, 6.07) is 14.8. The lowest BCUT2D eigenvalue weighted by Gasteiger charge is -2.04. The van der Waals surface area contributed by atoms with Crippen LogP contribution >= 0.6 is 0 Å². The van der Waals surface area contributed by atoms with Gasteiger partial charge in [-0.25, -0.2) is 4.99 Å².